The number of nitrogens with two attached hydrogens (primary N) is 2. The normalized spacial score (nSPS) is 17.6. The van der Waals surface area contributed by atoms with Gasteiger partial charge in [-0.1, -0.05) is 78.5 Å². The minimum Gasteiger partial charge on any atom is -0.514 e. The van der Waals surface area contributed by atoms with E-state index in [0.29, 0.717) is 69.9 Å². The molecule has 12 nitrogen and oxygen atoms in total. The van der Waals surface area contributed by atoms with E-state index < -0.39 is 0 Å². The smallest absolute Gasteiger partial charge is 0.250 e. The summed E-state index contributed by atoms with van der Waals surface area (Å²) in [5, 5.41) is 32.4. The first-order valence-corrected chi connectivity index (χ1v) is 19.4. The van der Waals surface area contributed by atoms with Crippen molar-refractivity contribution in [2.45, 2.75) is 12.8 Å². The van der Waals surface area contributed by atoms with Crippen LogP contribution in [0.15, 0.2) is 211 Å². The van der Waals surface area contributed by atoms with Gasteiger partial charge in [-0.3, -0.25) is 21.8 Å². The number of para-hydroxylation sites is 4. The zero-order valence-electron chi connectivity index (χ0n) is 32.4. The highest BCUT2D eigenvalue weighted by atomic mass is 15.0. The average molecular weight is 785 g/mol. The maximum Gasteiger partial charge on any atom is 0.250 e. The number of nitrogens with one attached hydrogen (secondary N) is 6. The molecule has 12 heteroatoms. The number of anilines is 4. The van der Waals surface area contributed by atoms with Crippen LogP contribution in [0.4, 0.5) is 22.7 Å². The van der Waals surface area contributed by atoms with Crippen molar-refractivity contribution in [1.82, 2.24) is 0 Å². The lowest BCUT2D eigenvalue weighted by Crippen LogP contribution is -2.32. The Balaban J connectivity index is 1.25. The molecule has 0 spiro atoms. The summed E-state index contributed by atoms with van der Waals surface area (Å²) in [5.41, 5.74) is 23.2. The van der Waals surface area contributed by atoms with E-state index in [2.05, 4.69) is 21.3 Å². The number of fused-ring (bicyclic) bond motifs is 6. The molecule has 60 heavy (non-hydrogen) atoms. The van der Waals surface area contributed by atoms with Gasteiger partial charge in [-0.05, 0) is 66.4 Å². The van der Waals surface area contributed by atoms with Gasteiger partial charge in [0, 0.05) is 17.1 Å². The lowest BCUT2D eigenvalue weighted by molar-refractivity contribution is 0.915. The van der Waals surface area contributed by atoms with Crippen LogP contribution in [0.1, 0.15) is 12.8 Å². The van der Waals surface area contributed by atoms with Crippen LogP contribution in [-0.2, 0) is 0 Å². The highest BCUT2D eigenvalue weighted by Crippen LogP contribution is 2.37. The van der Waals surface area contributed by atoms with Gasteiger partial charge < -0.3 is 38.8 Å². The number of aliphatic imine (C=N–C) groups is 4. The second-order valence-corrected chi connectivity index (χ2v) is 14.4. The predicted octanol–water partition coefficient (Wildman–Crippen LogP) is 8.44. The van der Waals surface area contributed by atoms with Crippen molar-refractivity contribution >= 4 is 57.0 Å². The first kappa shape index (κ1) is 37.2. The van der Waals surface area contributed by atoms with Crippen molar-refractivity contribution in [2.24, 2.45) is 31.4 Å². The molecule has 5 aliphatic rings. The van der Waals surface area contributed by atoms with Gasteiger partial charge >= 0.3 is 0 Å². The fourth-order valence-electron chi connectivity index (χ4n) is 7.02. The van der Waals surface area contributed by atoms with Crippen molar-refractivity contribution in [1.29, 1.82) is 10.8 Å². The molecule has 0 amide bonds. The van der Waals surface area contributed by atoms with Crippen LogP contribution in [-0.4, -0.2) is 34.3 Å². The Morgan fingerprint density at radius 1 is 0.617 bits per heavy atom. The quantitative estimate of drug-likeness (QED) is 0.0652. The Kier molecular flexibility index (Phi) is 10.1. The number of hydrogen-bond acceptors (Lipinski definition) is 12. The molecule has 292 valence electrons. The monoisotopic (exact) mass is 784 g/mol. The van der Waals surface area contributed by atoms with Crippen LogP contribution >= 0.6 is 0 Å². The summed E-state index contributed by atoms with van der Waals surface area (Å²) >= 11 is 0. The number of allylic oxidation sites excluding steroid dienone is 6. The highest BCUT2D eigenvalue weighted by Gasteiger charge is 2.37. The van der Waals surface area contributed by atoms with Crippen LogP contribution in [0.3, 0.4) is 0 Å². The Bertz CT molecular complexity index is 2680. The fraction of sp³-hybridized carbons (Fsp3) is 0.0417. The van der Waals surface area contributed by atoms with Crippen molar-refractivity contribution in [2.75, 3.05) is 21.3 Å². The molecule has 4 aliphatic carbocycles. The molecule has 9 rings (SSSR count). The molecule has 8 bridgehead atoms. The van der Waals surface area contributed by atoms with E-state index >= 15 is 0 Å². The number of nitrogens with zero attached hydrogens (tertiary/aromatic N) is 4. The van der Waals surface area contributed by atoms with Gasteiger partial charge in [0.2, 0.25) is 5.71 Å². The van der Waals surface area contributed by atoms with E-state index in [1.54, 1.807) is 24.6 Å². The van der Waals surface area contributed by atoms with E-state index in [9.17, 15) is 0 Å². The van der Waals surface area contributed by atoms with Gasteiger partial charge in [0.1, 0.15) is 18.6 Å². The molecule has 1 heterocycles. The maximum atomic E-state index is 9.04. The summed E-state index contributed by atoms with van der Waals surface area (Å²) in [6.45, 7) is 0. The number of benzene rings is 4. The first-order chi connectivity index (χ1) is 29.3. The molecule has 4 aromatic carbocycles. The van der Waals surface area contributed by atoms with E-state index in [1.807, 2.05) is 134 Å². The summed E-state index contributed by atoms with van der Waals surface area (Å²) in [6, 6.07) is 41.0. The third kappa shape index (κ3) is 8.20. The summed E-state index contributed by atoms with van der Waals surface area (Å²) in [6.07, 6.45) is 11.1. The van der Waals surface area contributed by atoms with E-state index in [4.69, 9.17) is 42.3 Å². The Labute approximate surface area is 348 Å². The summed E-state index contributed by atoms with van der Waals surface area (Å²) < 4.78 is 0. The molecule has 10 N–H and O–H groups in total. The number of rotatable bonds is 8. The van der Waals surface area contributed by atoms with Gasteiger partial charge in [0.25, 0.3) is 5.70 Å². The van der Waals surface area contributed by atoms with Crippen molar-refractivity contribution in [3.63, 3.8) is 0 Å². The minimum absolute atomic E-state index is 0.136. The van der Waals surface area contributed by atoms with Crippen LogP contribution in [0.5, 0.6) is 0 Å². The van der Waals surface area contributed by atoms with Gasteiger partial charge in [-0.15, -0.1) is 6.42 Å². The van der Waals surface area contributed by atoms with Crippen molar-refractivity contribution in [3.05, 3.63) is 216 Å². The molecule has 4 aromatic rings. The lowest BCUT2D eigenvalue weighted by Gasteiger charge is -2.48. The van der Waals surface area contributed by atoms with Crippen LogP contribution in [0.2, 0.25) is 0 Å². The molecule has 0 aromatic heterocycles. The largest absolute Gasteiger partial charge is 0.514 e. The van der Waals surface area contributed by atoms with E-state index in [0.717, 1.165) is 46.2 Å². The highest BCUT2D eigenvalue weighted by molar-refractivity contribution is 6.56. The Morgan fingerprint density at radius 3 is 1.88 bits per heavy atom. The molecule has 0 radical (unpaired) electrons. The molecule has 1 aliphatic heterocycles. The van der Waals surface area contributed by atoms with Gasteiger partial charge in [-0.2, -0.15) is 4.99 Å². The summed E-state index contributed by atoms with van der Waals surface area (Å²) in [5.74, 6) is 0. The number of hydrogen-bond donors (Lipinski definition) is 8. The first-order valence-electron chi connectivity index (χ1n) is 19.4. The zero-order chi connectivity index (χ0) is 41.0. The third-order valence-corrected chi connectivity index (χ3v) is 10.0. The molecular weight excluding hydrogens is 745 g/mol. The van der Waals surface area contributed by atoms with Crippen LogP contribution in [0, 0.1) is 35.7 Å². The van der Waals surface area contributed by atoms with Crippen molar-refractivity contribution < 1.29 is 0 Å². The maximum absolute atomic E-state index is 9.04. The molecular formula is C48H40N12. The second kappa shape index (κ2) is 16.2. The Morgan fingerprint density at radius 2 is 1.22 bits per heavy atom. The van der Waals surface area contributed by atoms with Crippen molar-refractivity contribution in [3.8, 4) is 0 Å². The predicted molar refractivity (Wildman–Crippen MR) is 245 cm³/mol. The van der Waals surface area contributed by atoms with Crippen LogP contribution in [0.25, 0.3) is 0 Å². The zero-order valence-corrected chi connectivity index (χ0v) is 32.4. The van der Waals surface area contributed by atoms with Crippen LogP contribution < -0.4 is 32.7 Å². The summed E-state index contributed by atoms with van der Waals surface area (Å²) in [7, 11) is 0. The molecule has 0 saturated heterocycles. The summed E-state index contributed by atoms with van der Waals surface area (Å²) in [4.78, 5) is 20.6. The fourth-order valence-corrected chi connectivity index (χ4v) is 7.02. The van der Waals surface area contributed by atoms with Gasteiger partial charge in [0.05, 0.1) is 40.6 Å². The van der Waals surface area contributed by atoms with Gasteiger partial charge in [-0.25, -0.2) is 16.1 Å². The Hall–Kier alpha value is -8.38. The van der Waals surface area contributed by atoms with E-state index in [1.165, 1.54) is 0 Å². The molecule has 0 atom stereocenters. The van der Waals surface area contributed by atoms with E-state index in [-0.39, 0.29) is 11.4 Å². The molecule has 0 fully saturated rings. The lowest BCUT2D eigenvalue weighted by atomic mass is 9.91. The molecule has 0 unspecified atom stereocenters. The second-order valence-electron chi connectivity index (χ2n) is 14.4. The standard InChI is InChI=1S/C48H40N12/c49-33-21-34(50)38-23-37(33)57-45-27-46(42(54-30-15-7-2-8-16-30)25-41(45)53-29-13-5-1-6-14-29)58-39-24-40(36(52)22-35(39)51)60-48-28-47(59-38)43(55-31-17-9-3-10-18-31)26-44(48)56-32-19-11-4-12-20-32/h1-24,27-28,49,52-56H,25-26,50-51H2. The average Bonchev–Trinajstić information content (AvgIpc) is 3.25. The van der Waals surface area contributed by atoms with Gasteiger partial charge in [0.15, 0.2) is 28.9 Å². The topological polar surface area (TPSA) is 197 Å². The SMILES string of the molecule is N=C1C=C(N)C2=NC3=C(Nc4ccccc4)C[C+](Nc4ccccc4)C(=C3)N=C3[CH+]C(=NC4=C(Nc5ccccc5)C[C-](Nc5ccccc5)C(=NC1=C2)[CH-]4)C(N)=CC3=N. The molecule has 0 saturated carbocycles. The minimum atomic E-state index is 0.136. The third-order valence-electron chi connectivity index (χ3n) is 10.0.